The zero-order valence-electron chi connectivity index (χ0n) is 15.9. The summed E-state index contributed by atoms with van der Waals surface area (Å²) in [6.07, 6.45) is 8.63. The lowest BCUT2D eigenvalue weighted by atomic mass is 9.35. The van der Waals surface area contributed by atoms with Gasteiger partial charge in [0.25, 0.3) is 0 Å². The third-order valence-corrected chi connectivity index (χ3v) is 6.25. The summed E-state index contributed by atoms with van der Waals surface area (Å²) < 4.78 is 34.6. The van der Waals surface area contributed by atoms with Crippen molar-refractivity contribution in [3.05, 3.63) is 53.5 Å². The van der Waals surface area contributed by atoms with E-state index in [2.05, 4.69) is 15.1 Å². The Morgan fingerprint density at radius 2 is 1.97 bits per heavy atom. The number of rotatable bonds is 5. The molecule has 4 aliphatic rings. The van der Waals surface area contributed by atoms with Crippen molar-refractivity contribution in [1.29, 1.82) is 0 Å². The molecule has 0 N–H and O–H groups in total. The van der Waals surface area contributed by atoms with E-state index in [-0.39, 0.29) is 16.9 Å². The van der Waals surface area contributed by atoms with E-state index in [1.807, 2.05) is 0 Å². The van der Waals surface area contributed by atoms with Gasteiger partial charge in [0, 0.05) is 36.0 Å². The minimum atomic E-state index is -0.732. The number of halogens is 2. The fourth-order valence-corrected chi connectivity index (χ4v) is 5.09. The van der Waals surface area contributed by atoms with Crippen LogP contribution in [0.25, 0.3) is 0 Å². The van der Waals surface area contributed by atoms with Crippen LogP contribution in [-0.4, -0.2) is 33.7 Å². The number of amides is 1. The van der Waals surface area contributed by atoms with E-state index in [0.29, 0.717) is 43.7 Å². The predicted molar refractivity (Wildman–Crippen MR) is 100 cm³/mol. The third-order valence-electron chi connectivity index (χ3n) is 6.25. The van der Waals surface area contributed by atoms with Gasteiger partial charge in [0.15, 0.2) is 0 Å². The fraction of sp³-hybridized carbons (Fsp3) is 0.429. The monoisotopic (exact) mass is 398 g/mol. The molecule has 1 amide bonds. The Bertz CT molecular complexity index is 968. The molecule has 0 spiro atoms. The van der Waals surface area contributed by atoms with Crippen molar-refractivity contribution in [3.8, 4) is 5.88 Å². The quantitative estimate of drug-likeness (QED) is 0.772. The highest BCUT2D eigenvalue weighted by molar-refractivity contribution is 5.88. The van der Waals surface area contributed by atoms with Crippen molar-refractivity contribution in [2.75, 3.05) is 6.61 Å². The maximum absolute atomic E-state index is 14.5. The van der Waals surface area contributed by atoms with E-state index in [0.717, 1.165) is 0 Å². The number of hydrogen-bond donors (Lipinski definition) is 0. The van der Waals surface area contributed by atoms with Crippen LogP contribution in [0.3, 0.4) is 0 Å². The lowest BCUT2D eigenvalue weighted by Gasteiger charge is -2.69. The Labute approximate surface area is 166 Å². The summed E-state index contributed by atoms with van der Waals surface area (Å²) in [5.74, 6) is -0.964. The second-order valence-corrected chi connectivity index (χ2v) is 8.48. The number of hydrogen-bond acceptors (Lipinski definition) is 5. The fourth-order valence-electron chi connectivity index (χ4n) is 5.09. The normalized spacial score (nSPS) is 29.3. The van der Waals surface area contributed by atoms with Gasteiger partial charge in [-0.3, -0.25) is 9.78 Å². The van der Waals surface area contributed by atoms with Crippen LogP contribution in [-0.2, 0) is 4.79 Å². The lowest BCUT2D eigenvalue weighted by molar-refractivity contribution is -0.227. The van der Waals surface area contributed by atoms with Crippen molar-refractivity contribution < 1.29 is 18.3 Å². The van der Waals surface area contributed by atoms with Crippen LogP contribution in [0.4, 0.5) is 8.78 Å². The van der Waals surface area contributed by atoms with Crippen molar-refractivity contribution in [1.82, 2.24) is 15.0 Å². The van der Waals surface area contributed by atoms with Gasteiger partial charge < -0.3 is 4.74 Å². The second kappa shape index (κ2) is 6.30. The largest absolute Gasteiger partial charge is 0.476 e. The molecule has 1 aromatic heterocycles. The molecular weight excluding hydrogens is 378 g/mol. The smallest absolute Gasteiger partial charge is 0.249 e. The van der Waals surface area contributed by atoms with Gasteiger partial charge in [0.2, 0.25) is 11.8 Å². The number of carbonyl (C=O) groups is 1. The predicted octanol–water partition coefficient (Wildman–Crippen LogP) is 3.57. The van der Waals surface area contributed by atoms with Crippen LogP contribution in [0.5, 0.6) is 5.88 Å². The molecule has 8 heteroatoms. The average Bonchev–Trinajstić information content (AvgIpc) is 3.08. The summed E-state index contributed by atoms with van der Waals surface area (Å²) in [4.78, 5) is 21.2. The Morgan fingerprint density at radius 1 is 1.24 bits per heavy atom. The van der Waals surface area contributed by atoms with Crippen molar-refractivity contribution in [2.24, 2.45) is 15.9 Å². The van der Waals surface area contributed by atoms with E-state index < -0.39 is 23.1 Å². The molecule has 1 atom stereocenters. The van der Waals surface area contributed by atoms with Gasteiger partial charge in [-0.15, -0.1) is 0 Å². The number of carbonyl (C=O) groups excluding carboxylic acids is 1. The summed E-state index contributed by atoms with van der Waals surface area (Å²) >= 11 is 0. The second-order valence-electron chi connectivity index (χ2n) is 8.48. The van der Waals surface area contributed by atoms with Gasteiger partial charge in [-0.05, 0) is 43.9 Å². The van der Waals surface area contributed by atoms with E-state index in [1.54, 1.807) is 31.7 Å². The van der Waals surface area contributed by atoms with Crippen LogP contribution < -0.4 is 4.74 Å². The van der Waals surface area contributed by atoms with Gasteiger partial charge in [0.05, 0.1) is 24.3 Å². The molecule has 1 aliphatic heterocycles. The van der Waals surface area contributed by atoms with Crippen LogP contribution in [0, 0.1) is 29.4 Å². The molecule has 3 saturated carbocycles. The van der Waals surface area contributed by atoms with E-state index in [1.165, 1.54) is 17.1 Å². The van der Waals surface area contributed by atoms with Crippen LogP contribution in [0.2, 0.25) is 0 Å². The van der Waals surface area contributed by atoms with Gasteiger partial charge in [-0.1, -0.05) is 0 Å². The molecule has 150 valence electrons. The van der Waals surface area contributed by atoms with Crippen LogP contribution in [0.15, 0.2) is 35.8 Å². The first-order chi connectivity index (χ1) is 13.9. The minimum absolute atomic E-state index is 0.0352. The van der Waals surface area contributed by atoms with Crippen molar-refractivity contribution in [2.45, 2.75) is 38.6 Å². The third kappa shape index (κ3) is 2.81. The number of nitrogens with zero attached hydrogens (tertiary/aromatic N) is 4. The number of hydrazone groups is 1. The maximum atomic E-state index is 14.5. The first kappa shape index (κ1) is 18.1. The van der Waals surface area contributed by atoms with Crippen LogP contribution in [0.1, 0.15) is 42.9 Å². The molecule has 2 bridgehead atoms. The van der Waals surface area contributed by atoms with Gasteiger partial charge in [-0.2, -0.15) is 5.10 Å². The van der Waals surface area contributed by atoms with Crippen molar-refractivity contribution in [3.63, 3.8) is 0 Å². The molecular formula is C21H20F2N4O2. The highest BCUT2D eigenvalue weighted by Gasteiger charge is 2.73. The molecule has 0 saturated heterocycles. The van der Waals surface area contributed by atoms with E-state index in [4.69, 9.17) is 4.74 Å². The Morgan fingerprint density at radius 3 is 2.62 bits per heavy atom. The minimum Gasteiger partial charge on any atom is -0.476 e. The Hall–Kier alpha value is -2.90. The molecule has 3 aliphatic carbocycles. The molecule has 6 rings (SSSR count). The summed E-state index contributed by atoms with van der Waals surface area (Å²) in [6, 6.07) is 1.85. The number of aromatic nitrogens is 2. The topological polar surface area (TPSA) is 67.7 Å². The molecule has 6 nitrogen and oxygen atoms in total. The Kier molecular flexibility index (Phi) is 3.94. The highest BCUT2D eigenvalue weighted by Crippen LogP contribution is 2.74. The molecule has 29 heavy (non-hydrogen) atoms. The zero-order valence-corrected chi connectivity index (χ0v) is 15.9. The molecule has 2 heterocycles. The standard InChI is InChI=1S/C21H20F2N4O2/c1-13-6-14(22)18(15(23)7-13)16-2-3-26-27(16)19(28)21-9-20(10-21,11-21)12-29-17-8-24-4-5-25-17/h3-8,16H,2,9-12H2,1H3. The number of ether oxygens (including phenoxy) is 1. The summed E-state index contributed by atoms with van der Waals surface area (Å²) in [5, 5.41) is 5.44. The molecule has 3 fully saturated rings. The summed E-state index contributed by atoms with van der Waals surface area (Å²) in [6.45, 7) is 2.11. The van der Waals surface area contributed by atoms with E-state index in [9.17, 15) is 13.6 Å². The summed E-state index contributed by atoms with van der Waals surface area (Å²) in [7, 11) is 0. The molecule has 1 aromatic carbocycles. The zero-order chi connectivity index (χ0) is 20.2. The molecule has 1 unspecified atom stereocenters. The summed E-state index contributed by atoms with van der Waals surface area (Å²) in [5.41, 5.74) is -0.116. The first-order valence-electron chi connectivity index (χ1n) is 9.62. The van der Waals surface area contributed by atoms with Crippen LogP contribution >= 0.6 is 0 Å². The van der Waals surface area contributed by atoms with Crippen molar-refractivity contribution >= 4 is 12.1 Å². The van der Waals surface area contributed by atoms with Gasteiger partial charge in [0.1, 0.15) is 11.6 Å². The average molecular weight is 398 g/mol. The highest BCUT2D eigenvalue weighted by atomic mass is 19.1. The van der Waals surface area contributed by atoms with E-state index >= 15 is 0 Å². The SMILES string of the molecule is Cc1cc(F)c(C2CC=NN2C(=O)C23CC(COc4cnccn4)(C2)C3)c(F)c1. The Balaban J connectivity index is 1.27. The van der Waals surface area contributed by atoms with Gasteiger partial charge >= 0.3 is 0 Å². The maximum Gasteiger partial charge on any atom is 0.249 e. The first-order valence-corrected chi connectivity index (χ1v) is 9.62. The lowest BCUT2D eigenvalue weighted by Crippen LogP contribution is -2.69. The van der Waals surface area contributed by atoms with Gasteiger partial charge in [-0.25, -0.2) is 18.8 Å². The number of aryl methyl sites for hydroxylation is 1. The molecule has 0 radical (unpaired) electrons. The molecule has 2 aromatic rings. The number of benzene rings is 1.